The molecule has 0 aliphatic heterocycles. The average molecular weight is 288 g/mol. The number of nitrogens with two attached hydrogens (primary N) is 1. The van der Waals surface area contributed by atoms with Gasteiger partial charge in [0.05, 0.1) is 5.56 Å². The van der Waals surface area contributed by atoms with E-state index in [4.69, 9.17) is 10.8 Å². The van der Waals surface area contributed by atoms with Crippen molar-refractivity contribution in [3.05, 3.63) is 41.2 Å². The van der Waals surface area contributed by atoms with Crippen LogP contribution in [0.5, 0.6) is 5.75 Å². The summed E-state index contributed by atoms with van der Waals surface area (Å²) in [6.45, 7) is 4.46. The fourth-order valence-corrected chi connectivity index (χ4v) is 2.76. The topological polar surface area (TPSA) is 88.5 Å². The van der Waals surface area contributed by atoms with Gasteiger partial charge in [0.2, 0.25) is 0 Å². The SMILES string of the molecule is Cc1c(C(N)=O)c(-c2cccc(O)c2)c(C)n1CCCO. The molecule has 0 atom stereocenters. The van der Waals surface area contributed by atoms with Crippen LogP contribution in [0.3, 0.4) is 0 Å². The predicted octanol–water partition coefficient (Wildman–Crippen LogP) is 1.96. The van der Waals surface area contributed by atoms with E-state index in [2.05, 4.69) is 0 Å². The number of carbonyl (C=O) groups is 1. The van der Waals surface area contributed by atoms with Crippen molar-refractivity contribution in [2.45, 2.75) is 26.8 Å². The molecule has 0 bridgehead atoms. The first-order valence-electron chi connectivity index (χ1n) is 6.87. The zero-order valence-electron chi connectivity index (χ0n) is 12.3. The largest absolute Gasteiger partial charge is 0.508 e. The minimum absolute atomic E-state index is 0.0877. The molecule has 0 radical (unpaired) electrons. The summed E-state index contributed by atoms with van der Waals surface area (Å²) in [7, 11) is 0. The van der Waals surface area contributed by atoms with Crippen LogP contribution < -0.4 is 5.73 Å². The molecule has 5 nitrogen and oxygen atoms in total. The van der Waals surface area contributed by atoms with Crippen LogP contribution in [0.4, 0.5) is 0 Å². The van der Waals surface area contributed by atoms with Crippen molar-refractivity contribution < 1.29 is 15.0 Å². The van der Waals surface area contributed by atoms with Crippen molar-refractivity contribution in [2.24, 2.45) is 5.73 Å². The van der Waals surface area contributed by atoms with E-state index < -0.39 is 5.91 Å². The second-order valence-corrected chi connectivity index (χ2v) is 5.06. The molecular weight excluding hydrogens is 268 g/mol. The van der Waals surface area contributed by atoms with E-state index in [1.807, 2.05) is 24.5 Å². The van der Waals surface area contributed by atoms with Crippen LogP contribution in [0.25, 0.3) is 11.1 Å². The van der Waals surface area contributed by atoms with Crippen molar-refractivity contribution in [1.82, 2.24) is 4.57 Å². The Morgan fingerprint density at radius 1 is 1.29 bits per heavy atom. The van der Waals surface area contributed by atoms with Gasteiger partial charge in [0.15, 0.2) is 0 Å². The van der Waals surface area contributed by atoms with Crippen LogP contribution >= 0.6 is 0 Å². The molecular formula is C16H20N2O3. The van der Waals surface area contributed by atoms with Crippen molar-refractivity contribution in [2.75, 3.05) is 6.61 Å². The molecule has 5 heteroatoms. The fraction of sp³-hybridized carbons (Fsp3) is 0.312. The van der Waals surface area contributed by atoms with Gasteiger partial charge in [-0.3, -0.25) is 4.79 Å². The monoisotopic (exact) mass is 288 g/mol. The number of amides is 1. The van der Waals surface area contributed by atoms with Crippen molar-refractivity contribution in [1.29, 1.82) is 0 Å². The smallest absolute Gasteiger partial charge is 0.251 e. The normalized spacial score (nSPS) is 10.8. The van der Waals surface area contributed by atoms with Crippen LogP contribution in [0.1, 0.15) is 28.2 Å². The molecule has 0 saturated carbocycles. The lowest BCUT2D eigenvalue weighted by Crippen LogP contribution is -2.13. The second kappa shape index (κ2) is 6.01. The Bertz CT molecular complexity index is 674. The number of rotatable bonds is 5. The first-order chi connectivity index (χ1) is 9.97. The van der Waals surface area contributed by atoms with E-state index in [0.717, 1.165) is 22.5 Å². The first kappa shape index (κ1) is 15.1. The fourth-order valence-electron chi connectivity index (χ4n) is 2.76. The number of hydrogen-bond donors (Lipinski definition) is 3. The summed E-state index contributed by atoms with van der Waals surface area (Å²) in [6.07, 6.45) is 0.605. The Morgan fingerprint density at radius 2 is 2.00 bits per heavy atom. The molecule has 0 spiro atoms. The molecule has 112 valence electrons. The number of carbonyl (C=O) groups excluding carboxylic acids is 1. The minimum Gasteiger partial charge on any atom is -0.508 e. The Kier molecular flexibility index (Phi) is 4.33. The number of phenols is 1. The van der Waals surface area contributed by atoms with Crippen molar-refractivity contribution in [3.8, 4) is 16.9 Å². The van der Waals surface area contributed by atoms with Crippen LogP contribution in [0.15, 0.2) is 24.3 Å². The molecule has 1 amide bonds. The lowest BCUT2D eigenvalue weighted by Gasteiger charge is -2.08. The zero-order valence-corrected chi connectivity index (χ0v) is 12.3. The van der Waals surface area contributed by atoms with Crippen molar-refractivity contribution >= 4 is 5.91 Å². The molecule has 21 heavy (non-hydrogen) atoms. The molecule has 1 heterocycles. The van der Waals surface area contributed by atoms with E-state index in [0.29, 0.717) is 18.5 Å². The van der Waals surface area contributed by atoms with Gasteiger partial charge in [-0.25, -0.2) is 0 Å². The highest BCUT2D eigenvalue weighted by Crippen LogP contribution is 2.33. The molecule has 2 rings (SSSR count). The maximum absolute atomic E-state index is 11.8. The Hall–Kier alpha value is -2.27. The number of phenolic OH excluding ortho intramolecular Hbond substituents is 1. The van der Waals surface area contributed by atoms with Gasteiger partial charge in [0, 0.05) is 30.1 Å². The van der Waals surface area contributed by atoms with Gasteiger partial charge in [0.25, 0.3) is 5.91 Å². The number of aromatic nitrogens is 1. The molecule has 1 aromatic carbocycles. The molecule has 0 saturated heterocycles. The summed E-state index contributed by atoms with van der Waals surface area (Å²) in [4.78, 5) is 11.8. The lowest BCUT2D eigenvalue weighted by atomic mass is 10.00. The molecule has 0 unspecified atom stereocenters. The third-order valence-corrected chi connectivity index (χ3v) is 3.70. The van der Waals surface area contributed by atoms with Gasteiger partial charge in [-0.05, 0) is 38.0 Å². The van der Waals surface area contributed by atoms with E-state index in [1.54, 1.807) is 18.2 Å². The number of nitrogens with zero attached hydrogens (tertiary/aromatic N) is 1. The minimum atomic E-state index is -0.489. The zero-order chi connectivity index (χ0) is 15.6. The van der Waals surface area contributed by atoms with Crippen LogP contribution in [0, 0.1) is 13.8 Å². The van der Waals surface area contributed by atoms with Gasteiger partial charge in [-0.1, -0.05) is 12.1 Å². The number of primary amides is 1. The molecule has 0 fully saturated rings. The lowest BCUT2D eigenvalue weighted by molar-refractivity contribution is 0.1000. The molecule has 4 N–H and O–H groups in total. The number of benzene rings is 1. The Morgan fingerprint density at radius 3 is 2.57 bits per heavy atom. The van der Waals surface area contributed by atoms with Gasteiger partial charge in [-0.2, -0.15) is 0 Å². The average Bonchev–Trinajstić information content (AvgIpc) is 2.68. The van der Waals surface area contributed by atoms with Crippen LogP contribution in [-0.2, 0) is 6.54 Å². The quantitative estimate of drug-likeness (QED) is 0.785. The third-order valence-electron chi connectivity index (χ3n) is 3.70. The standard InChI is InChI=1S/C16H20N2O3/c1-10-14(12-5-3-6-13(20)9-12)15(16(17)21)11(2)18(10)7-4-8-19/h3,5-6,9,19-20H,4,7-8H2,1-2H3,(H2,17,21). The summed E-state index contributed by atoms with van der Waals surface area (Å²) >= 11 is 0. The Labute approximate surface area is 123 Å². The molecule has 2 aromatic rings. The summed E-state index contributed by atoms with van der Waals surface area (Å²) in [5.74, 6) is -0.347. The van der Waals surface area contributed by atoms with Gasteiger partial charge in [-0.15, -0.1) is 0 Å². The molecule has 0 aliphatic rings. The number of aliphatic hydroxyl groups excluding tert-OH is 1. The predicted molar refractivity (Wildman–Crippen MR) is 81.2 cm³/mol. The van der Waals surface area contributed by atoms with E-state index in [-0.39, 0.29) is 12.4 Å². The summed E-state index contributed by atoms with van der Waals surface area (Å²) in [6, 6.07) is 6.77. The first-order valence-corrected chi connectivity index (χ1v) is 6.87. The van der Waals surface area contributed by atoms with Gasteiger partial charge < -0.3 is 20.5 Å². The van der Waals surface area contributed by atoms with E-state index in [9.17, 15) is 9.90 Å². The van der Waals surface area contributed by atoms with Gasteiger partial charge in [0.1, 0.15) is 5.75 Å². The van der Waals surface area contributed by atoms with Crippen LogP contribution in [-0.4, -0.2) is 27.3 Å². The second-order valence-electron chi connectivity index (χ2n) is 5.06. The van der Waals surface area contributed by atoms with Crippen molar-refractivity contribution in [3.63, 3.8) is 0 Å². The van der Waals surface area contributed by atoms with E-state index >= 15 is 0 Å². The third kappa shape index (κ3) is 2.78. The van der Waals surface area contributed by atoms with Gasteiger partial charge >= 0.3 is 0 Å². The number of aliphatic hydroxyl groups is 1. The molecule has 0 aliphatic carbocycles. The highest BCUT2D eigenvalue weighted by molar-refractivity contribution is 6.02. The summed E-state index contributed by atoms with van der Waals surface area (Å²) < 4.78 is 1.98. The summed E-state index contributed by atoms with van der Waals surface area (Å²) in [5.41, 5.74) is 9.19. The summed E-state index contributed by atoms with van der Waals surface area (Å²) in [5, 5.41) is 18.7. The van der Waals surface area contributed by atoms with Crippen LogP contribution in [0.2, 0.25) is 0 Å². The number of aromatic hydroxyl groups is 1. The van der Waals surface area contributed by atoms with E-state index in [1.165, 1.54) is 0 Å². The highest BCUT2D eigenvalue weighted by atomic mass is 16.3. The molecule has 1 aromatic heterocycles. The maximum Gasteiger partial charge on any atom is 0.251 e. The number of hydrogen-bond acceptors (Lipinski definition) is 3. The highest BCUT2D eigenvalue weighted by Gasteiger charge is 2.22. The Balaban J connectivity index is 2.66. The maximum atomic E-state index is 11.8.